The number of anilines is 1. The number of aliphatic imine (C=N–C) groups is 1. The van der Waals surface area contributed by atoms with Gasteiger partial charge in [-0.15, -0.1) is 24.0 Å². The van der Waals surface area contributed by atoms with Crippen molar-refractivity contribution in [2.24, 2.45) is 10.9 Å². The summed E-state index contributed by atoms with van der Waals surface area (Å²) >= 11 is 0. The van der Waals surface area contributed by atoms with Crippen molar-refractivity contribution >= 4 is 41.5 Å². The van der Waals surface area contributed by atoms with Gasteiger partial charge in [0.05, 0.1) is 12.6 Å². The fourth-order valence-electron chi connectivity index (χ4n) is 3.94. The van der Waals surface area contributed by atoms with E-state index in [0.717, 1.165) is 88.6 Å². The minimum Gasteiger partial charge on any atom is -0.385 e. The lowest BCUT2D eigenvalue weighted by atomic mass is 9.85. The fourth-order valence-corrected chi connectivity index (χ4v) is 3.94. The van der Waals surface area contributed by atoms with Gasteiger partial charge in [-0.1, -0.05) is 18.6 Å². The molecule has 1 aliphatic carbocycles. The van der Waals surface area contributed by atoms with Gasteiger partial charge in [0.15, 0.2) is 5.96 Å². The summed E-state index contributed by atoms with van der Waals surface area (Å²) in [5.74, 6) is 1.28. The van der Waals surface area contributed by atoms with E-state index in [9.17, 15) is 4.79 Å². The lowest BCUT2D eigenvalue weighted by Crippen LogP contribution is -2.47. The molecule has 180 valence electrons. The van der Waals surface area contributed by atoms with E-state index < -0.39 is 0 Å². The number of hydrogen-bond donors (Lipinski definition) is 2. The van der Waals surface area contributed by atoms with Gasteiger partial charge in [0, 0.05) is 51.6 Å². The number of carbonyl (C=O) groups is 1. The monoisotopic (exact) mass is 558 g/mol. The molecule has 1 saturated heterocycles. The summed E-state index contributed by atoms with van der Waals surface area (Å²) in [5, 5.41) is 6.48. The van der Waals surface area contributed by atoms with Crippen LogP contribution < -0.4 is 10.6 Å². The van der Waals surface area contributed by atoms with Crippen molar-refractivity contribution in [1.29, 1.82) is 0 Å². The van der Waals surface area contributed by atoms with Gasteiger partial charge in [0.25, 0.3) is 0 Å². The van der Waals surface area contributed by atoms with Gasteiger partial charge >= 0.3 is 0 Å². The Balaban J connectivity index is 0.00000363. The van der Waals surface area contributed by atoms with Crippen LogP contribution in [-0.4, -0.2) is 62.8 Å². The molecule has 3 rings (SSSR count). The minimum atomic E-state index is 0. The summed E-state index contributed by atoms with van der Waals surface area (Å²) in [6.07, 6.45) is 6.48. The quantitative estimate of drug-likeness (QED) is 0.196. The number of amides is 1. The first-order valence-electron chi connectivity index (χ1n) is 11.7. The second kappa shape index (κ2) is 14.7. The molecule has 0 atom stereocenters. The van der Waals surface area contributed by atoms with Crippen molar-refractivity contribution in [2.45, 2.75) is 58.1 Å². The Kier molecular flexibility index (Phi) is 12.3. The molecule has 1 aromatic carbocycles. The van der Waals surface area contributed by atoms with E-state index in [1.165, 1.54) is 0 Å². The zero-order chi connectivity index (χ0) is 21.9. The molecule has 2 fully saturated rings. The number of guanidine groups is 1. The minimum absolute atomic E-state index is 0. The van der Waals surface area contributed by atoms with Crippen molar-refractivity contribution in [2.75, 3.05) is 45.3 Å². The van der Waals surface area contributed by atoms with Crippen molar-refractivity contribution in [3.05, 3.63) is 29.8 Å². The molecule has 1 amide bonds. The maximum Gasteiger partial charge on any atom is 0.227 e. The Hall–Kier alpha value is -1.39. The topological polar surface area (TPSA) is 75.2 Å². The summed E-state index contributed by atoms with van der Waals surface area (Å²) in [6.45, 7) is 6.92. The zero-order valence-corrected chi connectivity index (χ0v) is 21.8. The second-order valence-corrected chi connectivity index (χ2v) is 8.39. The highest BCUT2D eigenvalue weighted by Crippen LogP contribution is 2.27. The molecule has 8 heteroatoms. The van der Waals surface area contributed by atoms with E-state index in [0.29, 0.717) is 12.6 Å². The van der Waals surface area contributed by atoms with Gasteiger partial charge in [-0.05, 0) is 56.7 Å². The Morgan fingerprint density at radius 3 is 2.62 bits per heavy atom. The van der Waals surface area contributed by atoms with Crippen molar-refractivity contribution in [3.8, 4) is 0 Å². The average molecular weight is 559 g/mol. The molecule has 1 aromatic rings. The Morgan fingerprint density at radius 2 is 1.97 bits per heavy atom. The van der Waals surface area contributed by atoms with Crippen LogP contribution in [0.1, 0.15) is 51.0 Å². The van der Waals surface area contributed by atoms with E-state index in [1.807, 2.05) is 18.2 Å². The Morgan fingerprint density at radius 1 is 1.19 bits per heavy atom. The molecule has 2 aliphatic rings. The summed E-state index contributed by atoms with van der Waals surface area (Å²) < 4.78 is 11.1. The van der Waals surface area contributed by atoms with E-state index in [4.69, 9.17) is 14.5 Å². The van der Waals surface area contributed by atoms with Gasteiger partial charge in [0.1, 0.15) is 0 Å². The molecule has 0 spiro atoms. The van der Waals surface area contributed by atoms with E-state index in [-0.39, 0.29) is 35.8 Å². The number of rotatable bonds is 10. The summed E-state index contributed by atoms with van der Waals surface area (Å²) in [5.41, 5.74) is 1.96. The van der Waals surface area contributed by atoms with Gasteiger partial charge in [-0.25, -0.2) is 4.99 Å². The third kappa shape index (κ3) is 8.51. The summed E-state index contributed by atoms with van der Waals surface area (Å²) in [6, 6.07) is 8.03. The van der Waals surface area contributed by atoms with Gasteiger partial charge < -0.3 is 25.0 Å². The Labute approximate surface area is 209 Å². The van der Waals surface area contributed by atoms with Crippen LogP contribution in [0.2, 0.25) is 0 Å². The number of nitrogens with zero attached hydrogens (tertiary/aromatic N) is 2. The smallest absolute Gasteiger partial charge is 0.227 e. The maximum atomic E-state index is 12.2. The fraction of sp³-hybridized carbons (Fsp3) is 0.667. The van der Waals surface area contributed by atoms with E-state index >= 15 is 0 Å². The molecule has 7 nitrogen and oxygen atoms in total. The van der Waals surface area contributed by atoms with Crippen molar-refractivity contribution in [1.82, 2.24) is 10.2 Å². The van der Waals surface area contributed by atoms with Crippen LogP contribution in [0.25, 0.3) is 0 Å². The number of ether oxygens (including phenoxy) is 2. The highest BCUT2D eigenvalue weighted by atomic mass is 127. The molecule has 0 bridgehead atoms. The van der Waals surface area contributed by atoms with Crippen LogP contribution in [-0.2, 0) is 20.8 Å². The molecular formula is C24H39IN4O3. The van der Waals surface area contributed by atoms with Crippen molar-refractivity contribution in [3.63, 3.8) is 0 Å². The third-order valence-electron chi connectivity index (χ3n) is 6.00. The van der Waals surface area contributed by atoms with E-state index in [2.05, 4.69) is 28.5 Å². The summed E-state index contributed by atoms with van der Waals surface area (Å²) in [4.78, 5) is 19.4. The Bertz CT molecular complexity index is 719. The number of benzene rings is 1. The molecule has 2 N–H and O–H groups in total. The van der Waals surface area contributed by atoms with E-state index in [1.54, 1.807) is 7.11 Å². The molecule has 0 radical (unpaired) electrons. The van der Waals surface area contributed by atoms with Gasteiger partial charge in [-0.3, -0.25) is 4.79 Å². The van der Waals surface area contributed by atoms with Crippen LogP contribution in [0.4, 0.5) is 5.69 Å². The van der Waals surface area contributed by atoms with Crippen LogP contribution in [0.3, 0.4) is 0 Å². The molecular weight excluding hydrogens is 519 g/mol. The highest BCUT2D eigenvalue weighted by Gasteiger charge is 2.25. The normalized spacial score (nSPS) is 17.4. The predicted molar refractivity (Wildman–Crippen MR) is 140 cm³/mol. The lowest BCUT2D eigenvalue weighted by Gasteiger charge is -2.34. The van der Waals surface area contributed by atoms with Gasteiger partial charge in [0.2, 0.25) is 5.91 Å². The first kappa shape index (κ1) is 26.9. The van der Waals surface area contributed by atoms with Crippen LogP contribution in [0.5, 0.6) is 0 Å². The molecule has 0 aromatic heterocycles. The molecule has 32 heavy (non-hydrogen) atoms. The number of hydrogen-bond acceptors (Lipinski definition) is 4. The first-order chi connectivity index (χ1) is 15.2. The number of likely N-dealkylation sites (tertiary alicyclic amines) is 1. The number of carbonyl (C=O) groups excluding carboxylic acids is 1. The van der Waals surface area contributed by atoms with Crippen molar-refractivity contribution < 1.29 is 14.3 Å². The SMILES string of the molecule is CCNC(=NCc1cccc(NC(=O)C2CCC2)c1)N1CCC(OCCCOC)CC1.I. The molecule has 1 aliphatic heterocycles. The number of halogens is 1. The zero-order valence-electron chi connectivity index (χ0n) is 19.5. The standard InChI is InChI=1S/C24H38N4O3.HI/c1-3-25-24(28-13-11-22(12-14-28)31-16-6-15-30-2)26-18-19-7-4-10-21(17-19)27-23(29)20-8-5-9-20;/h4,7,10,17,20,22H,3,5-6,8-9,11-16,18H2,1-2H3,(H,25,26)(H,27,29);1H. The molecule has 1 saturated carbocycles. The predicted octanol–water partition coefficient (Wildman–Crippen LogP) is 4.03. The van der Waals surface area contributed by atoms with Gasteiger partial charge in [-0.2, -0.15) is 0 Å². The number of piperidine rings is 1. The molecule has 0 unspecified atom stereocenters. The largest absolute Gasteiger partial charge is 0.385 e. The third-order valence-corrected chi connectivity index (χ3v) is 6.00. The molecule has 1 heterocycles. The van der Waals surface area contributed by atoms with Crippen LogP contribution >= 0.6 is 24.0 Å². The number of methoxy groups -OCH3 is 1. The maximum absolute atomic E-state index is 12.2. The number of nitrogens with one attached hydrogen (secondary N) is 2. The first-order valence-corrected chi connectivity index (χ1v) is 11.7. The average Bonchev–Trinajstić information content (AvgIpc) is 2.74. The van der Waals surface area contributed by atoms with Crippen LogP contribution in [0, 0.1) is 5.92 Å². The highest BCUT2D eigenvalue weighted by molar-refractivity contribution is 14.0. The second-order valence-electron chi connectivity index (χ2n) is 8.39. The van der Waals surface area contributed by atoms with Crippen LogP contribution in [0.15, 0.2) is 29.3 Å². The summed E-state index contributed by atoms with van der Waals surface area (Å²) in [7, 11) is 1.72. The lowest BCUT2D eigenvalue weighted by molar-refractivity contribution is -0.122.